The Morgan fingerprint density at radius 3 is 2.84 bits per heavy atom. The van der Waals surface area contributed by atoms with Gasteiger partial charge in [-0.05, 0) is 31.5 Å². The molecule has 0 aromatic heterocycles. The fourth-order valence-electron chi connectivity index (χ4n) is 1.95. The highest BCUT2D eigenvalue weighted by molar-refractivity contribution is 9.10. The predicted molar refractivity (Wildman–Crippen MR) is 77.8 cm³/mol. The molecule has 1 aromatic rings. The summed E-state index contributed by atoms with van der Waals surface area (Å²) in [5, 5.41) is 13.1. The molecule has 4 nitrogen and oxygen atoms in total. The van der Waals surface area contributed by atoms with Gasteiger partial charge in [0.25, 0.3) is 0 Å². The van der Waals surface area contributed by atoms with Crippen molar-refractivity contribution in [2.24, 2.45) is 0 Å². The third kappa shape index (κ3) is 4.60. The van der Waals surface area contributed by atoms with Gasteiger partial charge in [0.2, 0.25) is 5.91 Å². The maximum atomic E-state index is 11.6. The minimum atomic E-state index is -0.603. The van der Waals surface area contributed by atoms with E-state index in [1.807, 2.05) is 36.2 Å². The molecule has 2 rings (SSSR count). The van der Waals surface area contributed by atoms with E-state index in [4.69, 9.17) is 0 Å². The lowest BCUT2D eigenvalue weighted by Crippen LogP contribution is -2.37. The molecule has 1 aromatic carbocycles. The molecule has 1 amide bonds. The van der Waals surface area contributed by atoms with E-state index in [1.165, 1.54) is 0 Å². The second-order valence-corrected chi connectivity index (χ2v) is 5.93. The normalized spacial score (nSPS) is 16.4. The van der Waals surface area contributed by atoms with Crippen molar-refractivity contribution in [3.8, 4) is 0 Å². The van der Waals surface area contributed by atoms with Crippen LogP contribution in [0.2, 0.25) is 0 Å². The van der Waals surface area contributed by atoms with Crippen LogP contribution in [0, 0.1) is 0 Å². The average Bonchev–Trinajstić information content (AvgIpc) is 3.12. The van der Waals surface area contributed by atoms with Crippen LogP contribution < -0.4 is 5.32 Å². The smallest absolute Gasteiger partial charge is 0.234 e. The molecular formula is C14H19BrN2O2. The monoisotopic (exact) mass is 326 g/mol. The maximum absolute atomic E-state index is 11.6. The first-order valence-electron chi connectivity index (χ1n) is 6.46. The van der Waals surface area contributed by atoms with E-state index in [0.717, 1.165) is 22.9 Å². The lowest BCUT2D eigenvalue weighted by atomic mass is 10.1. The number of hydrogen-bond acceptors (Lipinski definition) is 3. The zero-order chi connectivity index (χ0) is 13.8. The fourth-order valence-corrected chi connectivity index (χ4v) is 2.50. The van der Waals surface area contributed by atoms with E-state index < -0.39 is 6.10 Å². The minimum Gasteiger partial charge on any atom is -0.387 e. The van der Waals surface area contributed by atoms with Crippen molar-refractivity contribution in [2.75, 3.05) is 20.1 Å². The molecular weight excluding hydrogens is 308 g/mol. The zero-order valence-electron chi connectivity index (χ0n) is 11.0. The van der Waals surface area contributed by atoms with Gasteiger partial charge < -0.3 is 10.4 Å². The molecule has 0 heterocycles. The molecule has 19 heavy (non-hydrogen) atoms. The highest BCUT2D eigenvalue weighted by Gasteiger charge is 2.24. The molecule has 1 saturated carbocycles. The Labute approximate surface area is 121 Å². The minimum absolute atomic E-state index is 0.0318. The van der Waals surface area contributed by atoms with Gasteiger partial charge in [-0.15, -0.1) is 0 Å². The Morgan fingerprint density at radius 1 is 1.53 bits per heavy atom. The van der Waals surface area contributed by atoms with Crippen LogP contribution in [-0.2, 0) is 4.79 Å². The summed E-state index contributed by atoms with van der Waals surface area (Å²) < 4.78 is 0.887. The molecule has 1 atom stereocenters. The van der Waals surface area contributed by atoms with Crippen molar-refractivity contribution in [3.05, 3.63) is 34.3 Å². The number of halogens is 1. The summed E-state index contributed by atoms with van der Waals surface area (Å²) in [7, 11) is 1.84. The van der Waals surface area contributed by atoms with Crippen LogP contribution in [0.4, 0.5) is 0 Å². The number of carbonyl (C=O) groups excluding carboxylic acids is 1. The zero-order valence-corrected chi connectivity index (χ0v) is 12.6. The molecule has 0 bridgehead atoms. The van der Waals surface area contributed by atoms with Crippen LogP contribution in [0.5, 0.6) is 0 Å². The van der Waals surface area contributed by atoms with Crippen molar-refractivity contribution in [2.45, 2.75) is 25.0 Å². The van der Waals surface area contributed by atoms with Crippen molar-refractivity contribution in [1.29, 1.82) is 0 Å². The number of nitrogens with one attached hydrogen (secondary N) is 1. The van der Waals surface area contributed by atoms with Crippen LogP contribution in [0.1, 0.15) is 24.5 Å². The number of likely N-dealkylation sites (N-methyl/N-ethyl adjacent to an activating group) is 1. The second kappa shape index (κ2) is 6.50. The SMILES string of the molecule is CN(CC(=O)NC1CC1)CC(O)c1ccccc1Br. The molecule has 1 fully saturated rings. The second-order valence-electron chi connectivity index (χ2n) is 5.08. The van der Waals surface area contributed by atoms with E-state index >= 15 is 0 Å². The summed E-state index contributed by atoms with van der Waals surface area (Å²) >= 11 is 3.42. The molecule has 0 aliphatic heterocycles. The highest BCUT2D eigenvalue weighted by atomic mass is 79.9. The third-order valence-corrected chi connectivity index (χ3v) is 3.83. The molecule has 0 radical (unpaired) electrons. The topological polar surface area (TPSA) is 52.6 Å². The van der Waals surface area contributed by atoms with Gasteiger partial charge >= 0.3 is 0 Å². The molecule has 0 spiro atoms. The Kier molecular flexibility index (Phi) is 4.96. The highest BCUT2D eigenvalue weighted by Crippen LogP contribution is 2.23. The molecule has 1 aliphatic carbocycles. The van der Waals surface area contributed by atoms with E-state index in [2.05, 4.69) is 21.2 Å². The van der Waals surface area contributed by atoms with Gasteiger partial charge in [-0.25, -0.2) is 0 Å². The summed E-state index contributed by atoms with van der Waals surface area (Å²) in [5.74, 6) is 0.0318. The van der Waals surface area contributed by atoms with Crippen LogP contribution in [0.3, 0.4) is 0 Å². The van der Waals surface area contributed by atoms with E-state index in [-0.39, 0.29) is 5.91 Å². The summed E-state index contributed by atoms with van der Waals surface area (Å²) in [6.45, 7) is 0.749. The van der Waals surface area contributed by atoms with Gasteiger partial charge in [0, 0.05) is 17.1 Å². The Balaban J connectivity index is 1.82. The summed E-state index contributed by atoms with van der Waals surface area (Å²) in [5.41, 5.74) is 0.844. The molecule has 2 N–H and O–H groups in total. The van der Waals surface area contributed by atoms with E-state index in [1.54, 1.807) is 0 Å². The Bertz CT molecular complexity index is 449. The van der Waals surface area contributed by atoms with Crippen molar-refractivity contribution < 1.29 is 9.90 Å². The maximum Gasteiger partial charge on any atom is 0.234 e. The Morgan fingerprint density at radius 2 is 2.21 bits per heavy atom. The number of carbonyl (C=O) groups is 1. The number of benzene rings is 1. The number of aliphatic hydroxyl groups excluding tert-OH is 1. The summed E-state index contributed by atoms with van der Waals surface area (Å²) in [4.78, 5) is 13.5. The molecule has 1 aliphatic rings. The first-order chi connectivity index (χ1) is 9.06. The number of hydrogen-bond donors (Lipinski definition) is 2. The summed E-state index contributed by atoms with van der Waals surface area (Å²) in [6.07, 6.45) is 1.58. The van der Waals surface area contributed by atoms with Crippen molar-refractivity contribution in [3.63, 3.8) is 0 Å². The molecule has 1 unspecified atom stereocenters. The van der Waals surface area contributed by atoms with Gasteiger partial charge in [-0.2, -0.15) is 0 Å². The van der Waals surface area contributed by atoms with Crippen molar-refractivity contribution >= 4 is 21.8 Å². The van der Waals surface area contributed by atoms with Gasteiger partial charge in [0.15, 0.2) is 0 Å². The van der Waals surface area contributed by atoms with E-state index in [9.17, 15) is 9.90 Å². The lowest BCUT2D eigenvalue weighted by Gasteiger charge is -2.21. The molecule has 5 heteroatoms. The fraction of sp³-hybridized carbons (Fsp3) is 0.500. The van der Waals surface area contributed by atoms with Crippen LogP contribution in [0.25, 0.3) is 0 Å². The lowest BCUT2D eigenvalue weighted by molar-refractivity contribution is -0.122. The standard InChI is InChI=1S/C14H19BrN2O2/c1-17(9-14(19)16-10-6-7-10)8-13(18)11-4-2-3-5-12(11)15/h2-5,10,13,18H,6-9H2,1H3,(H,16,19). The van der Waals surface area contributed by atoms with Gasteiger partial charge in [0.05, 0.1) is 12.6 Å². The first kappa shape index (κ1) is 14.5. The average molecular weight is 327 g/mol. The molecule has 104 valence electrons. The number of rotatable bonds is 6. The number of nitrogens with zero attached hydrogens (tertiary/aromatic N) is 1. The van der Waals surface area contributed by atoms with Crippen molar-refractivity contribution in [1.82, 2.24) is 10.2 Å². The van der Waals surface area contributed by atoms with E-state index in [0.29, 0.717) is 19.1 Å². The third-order valence-electron chi connectivity index (χ3n) is 3.10. The molecule has 0 saturated heterocycles. The van der Waals surface area contributed by atoms with Crippen LogP contribution in [0.15, 0.2) is 28.7 Å². The number of amides is 1. The van der Waals surface area contributed by atoms with Gasteiger partial charge in [-0.1, -0.05) is 34.1 Å². The summed E-state index contributed by atoms with van der Waals surface area (Å²) in [6, 6.07) is 7.97. The van der Waals surface area contributed by atoms with Crippen LogP contribution in [-0.4, -0.2) is 42.1 Å². The predicted octanol–water partition coefficient (Wildman–Crippen LogP) is 1.69. The number of aliphatic hydroxyl groups is 1. The largest absolute Gasteiger partial charge is 0.387 e. The first-order valence-corrected chi connectivity index (χ1v) is 7.26. The van der Waals surface area contributed by atoms with Crippen LogP contribution >= 0.6 is 15.9 Å². The van der Waals surface area contributed by atoms with Gasteiger partial charge in [0.1, 0.15) is 0 Å². The quantitative estimate of drug-likeness (QED) is 0.836. The Hall–Kier alpha value is -0.910. The van der Waals surface area contributed by atoms with Gasteiger partial charge in [-0.3, -0.25) is 9.69 Å².